The second-order valence-electron chi connectivity index (χ2n) is 10.1. The second kappa shape index (κ2) is 7.71. The van der Waals surface area contributed by atoms with Gasteiger partial charge in [-0.05, 0) is 69.8 Å². The Balaban J connectivity index is 1.60. The van der Waals surface area contributed by atoms with Gasteiger partial charge in [0.05, 0.1) is 24.4 Å². The van der Waals surface area contributed by atoms with E-state index in [9.17, 15) is 9.90 Å². The highest BCUT2D eigenvalue weighted by Gasteiger charge is 2.47. The number of fused-ring (bicyclic) bond motifs is 1. The van der Waals surface area contributed by atoms with Crippen LogP contribution in [0.5, 0.6) is 0 Å². The Morgan fingerprint density at radius 1 is 1.21 bits per heavy atom. The van der Waals surface area contributed by atoms with Gasteiger partial charge in [0.15, 0.2) is 0 Å². The Bertz CT molecular complexity index is 623. The number of amides is 1. The van der Waals surface area contributed by atoms with Crippen LogP contribution in [0.15, 0.2) is 11.8 Å². The van der Waals surface area contributed by atoms with Crippen molar-refractivity contribution < 1.29 is 19.5 Å². The van der Waals surface area contributed by atoms with Crippen molar-refractivity contribution in [3.8, 4) is 0 Å². The zero-order valence-corrected chi connectivity index (χ0v) is 17.7. The summed E-state index contributed by atoms with van der Waals surface area (Å²) in [6.45, 7) is 6.74. The standard InChI is InChI=1S/C22H36N2O4/c1-13-9-15(10-13)28-19-6-5-14(22(2,3)26)11-17(19)18-12-24(4)21(25)20-16(18)7-8-27-23-20/h12-17,19-20,23,26H,5-11H2,1-4H3. The highest BCUT2D eigenvalue weighted by atomic mass is 16.6. The lowest BCUT2D eigenvalue weighted by atomic mass is 9.66. The van der Waals surface area contributed by atoms with Crippen molar-refractivity contribution in [1.82, 2.24) is 10.4 Å². The van der Waals surface area contributed by atoms with Crippen LogP contribution < -0.4 is 5.48 Å². The van der Waals surface area contributed by atoms with E-state index in [1.807, 2.05) is 27.1 Å². The monoisotopic (exact) mass is 392 g/mol. The topological polar surface area (TPSA) is 71.0 Å². The number of hydrogen-bond acceptors (Lipinski definition) is 5. The van der Waals surface area contributed by atoms with Gasteiger partial charge in [-0.25, -0.2) is 0 Å². The van der Waals surface area contributed by atoms with Gasteiger partial charge < -0.3 is 19.6 Å². The van der Waals surface area contributed by atoms with Crippen LogP contribution in [0, 0.1) is 23.7 Å². The summed E-state index contributed by atoms with van der Waals surface area (Å²) in [7, 11) is 1.83. The minimum atomic E-state index is -0.696. The number of aliphatic hydroxyl groups is 1. The van der Waals surface area contributed by atoms with Gasteiger partial charge in [-0.1, -0.05) is 6.92 Å². The molecule has 2 aliphatic carbocycles. The molecule has 28 heavy (non-hydrogen) atoms. The van der Waals surface area contributed by atoms with E-state index in [1.54, 1.807) is 4.90 Å². The Morgan fingerprint density at radius 2 is 1.96 bits per heavy atom. The van der Waals surface area contributed by atoms with Crippen LogP contribution in [0.1, 0.15) is 59.3 Å². The Morgan fingerprint density at radius 3 is 2.64 bits per heavy atom. The van der Waals surface area contributed by atoms with Crippen LogP contribution in [-0.2, 0) is 14.4 Å². The average Bonchev–Trinajstić information content (AvgIpc) is 2.63. The number of likely N-dealkylation sites (N-methyl/N-ethyl adjacent to an activating group) is 1. The first-order chi connectivity index (χ1) is 13.2. The van der Waals surface area contributed by atoms with E-state index in [-0.39, 0.29) is 35.8 Å². The number of hydrogen-bond donors (Lipinski definition) is 2. The highest BCUT2D eigenvalue weighted by molar-refractivity contribution is 5.84. The van der Waals surface area contributed by atoms with Crippen LogP contribution in [0.2, 0.25) is 0 Å². The Labute approximate surface area is 168 Å². The number of rotatable bonds is 4. The van der Waals surface area contributed by atoms with Gasteiger partial charge in [-0.2, -0.15) is 5.48 Å². The van der Waals surface area contributed by atoms with Crippen molar-refractivity contribution in [2.75, 3.05) is 13.7 Å². The molecule has 0 aromatic heterocycles. The number of hydroxylamine groups is 1. The summed E-state index contributed by atoms with van der Waals surface area (Å²) in [5, 5.41) is 10.7. The first kappa shape index (κ1) is 20.3. The fourth-order valence-corrected chi connectivity index (χ4v) is 5.62. The molecule has 5 unspecified atom stereocenters. The van der Waals surface area contributed by atoms with Crippen LogP contribution in [-0.4, -0.2) is 53.4 Å². The maximum atomic E-state index is 12.6. The largest absolute Gasteiger partial charge is 0.390 e. The molecule has 4 aliphatic rings. The van der Waals surface area contributed by atoms with Crippen LogP contribution in [0.3, 0.4) is 0 Å². The van der Waals surface area contributed by atoms with Crippen molar-refractivity contribution in [2.24, 2.45) is 23.7 Å². The van der Waals surface area contributed by atoms with E-state index >= 15 is 0 Å². The quantitative estimate of drug-likeness (QED) is 0.770. The third-order valence-corrected chi connectivity index (χ3v) is 7.44. The van der Waals surface area contributed by atoms with E-state index < -0.39 is 5.60 Å². The summed E-state index contributed by atoms with van der Waals surface area (Å²) < 4.78 is 6.59. The second-order valence-corrected chi connectivity index (χ2v) is 10.1. The lowest BCUT2D eigenvalue weighted by molar-refractivity contribution is -0.145. The molecule has 1 amide bonds. The summed E-state index contributed by atoms with van der Waals surface area (Å²) in [5.74, 6) is 1.46. The number of nitrogens with one attached hydrogen (secondary N) is 1. The van der Waals surface area contributed by atoms with Crippen molar-refractivity contribution in [3.05, 3.63) is 11.8 Å². The first-order valence-corrected chi connectivity index (χ1v) is 11.0. The maximum absolute atomic E-state index is 12.6. The SMILES string of the molecule is CC1CC(OC2CCC(C(C)(C)O)CC2C2=CN(C)C(=O)C3NOCCC23)C1. The molecule has 0 bridgehead atoms. The van der Waals surface area contributed by atoms with Gasteiger partial charge >= 0.3 is 0 Å². The lowest BCUT2D eigenvalue weighted by Gasteiger charge is -2.48. The van der Waals surface area contributed by atoms with Gasteiger partial charge in [0.1, 0.15) is 6.04 Å². The summed E-state index contributed by atoms with van der Waals surface area (Å²) in [6, 6.07) is -0.314. The molecule has 0 spiro atoms. The zero-order chi connectivity index (χ0) is 20.1. The molecule has 6 heteroatoms. The Hall–Kier alpha value is -0.950. The van der Waals surface area contributed by atoms with Gasteiger partial charge in [0.2, 0.25) is 5.91 Å². The fourth-order valence-electron chi connectivity index (χ4n) is 5.62. The van der Waals surface area contributed by atoms with E-state index in [4.69, 9.17) is 9.57 Å². The molecule has 2 aliphatic heterocycles. The van der Waals surface area contributed by atoms with E-state index in [0.717, 1.165) is 44.4 Å². The fraction of sp³-hybridized carbons (Fsp3) is 0.864. The minimum Gasteiger partial charge on any atom is -0.390 e. The van der Waals surface area contributed by atoms with E-state index in [1.165, 1.54) is 5.57 Å². The molecule has 158 valence electrons. The van der Waals surface area contributed by atoms with Crippen molar-refractivity contribution in [3.63, 3.8) is 0 Å². The van der Waals surface area contributed by atoms with Crippen LogP contribution >= 0.6 is 0 Å². The summed E-state index contributed by atoms with van der Waals surface area (Å²) in [4.78, 5) is 19.7. The highest BCUT2D eigenvalue weighted by Crippen LogP contribution is 2.46. The molecule has 4 rings (SSSR count). The molecule has 2 saturated carbocycles. The molecule has 0 aromatic rings. The number of carbonyl (C=O) groups is 1. The molecular weight excluding hydrogens is 356 g/mol. The van der Waals surface area contributed by atoms with Gasteiger partial charge in [0.25, 0.3) is 0 Å². The predicted molar refractivity (Wildman–Crippen MR) is 106 cm³/mol. The molecule has 6 nitrogen and oxygen atoms in total. The molecule has 5 atom stereocenters. The zero-order valence-electron chi connectivity index (χ0n) is 17.7. The number of carbonyl (C=O) groups excluding carboxylic acids is 1. The van der Waals surface area contributed by atoms with Gasteiger partial charge in [-0.3, -0.25) is 4.79 Å². The smallest absolute Gasteiger partial charge is 0.246 e. The van der Waals surface area contributed by atoms with E-state index in [2.05, 4.69) is 12.4 Å². The molecule has 2 heterocycles. The van der Waals surface area contributed by atoms with E-state index in [0.29, 0.717) is 12.7 Å². The van der Waals surface area contributed by atoms with Crippen LogP contribution in [0.25, 0.3) is 0 Å². The Kier molecular flexibility index (Phi) is 5.60. The summed E-state index contributed by atoms with van der Waals surface area (Å²) in [6.07, 6.45) is 8.61. The third-order valence-electron chi connectivity index (χ3n) is 7.44. The third kappa shape index (κ3) is 3.89. The van der Waals surface area contributed by atoms with Crippen LogP contribution in [0.4, 0.5) is 0 Å². The normalized spacial score (nSPS) is 41.9. The minimum absolute atomic E-state index is 0.0635. The molecule has 2 N–H and O–H groups in total. The number of ether oxygens (including phenoxy) is 1. The van der Waals surface area contributed by atoms with Crippen molar-refractivity contribution in [1.29, 1.82) is 0 Å². The predicted octanol–water partition coefficient (Wildman–Crippen LogP) is 2.62. The first-order valence-electron chi connectivity index (χ1n) is 11.0. The number of nitrogens with zero attached hydrogens (tertiary/aromatic N) is 1. The summed E-state index contributed by atoms with van der Waals surface area (Å²) in [5.41, 5.74) is 3.58. The average molecular weight is 393 g/mol. The van der Waals surface area contributed by atoms with Gasteiger partial charge in [0, 0.05) is 25.1 Å². The molecular formula is C22H36N2O4. The molecule has 3 fully saturated rings. The summed E-state index contributed by atoms with van der Waals surface area (Å²) >= 11 is 0. The maximum Gasteiger partial charge on any atom is 0.246 e. The van der Waals surface area contributed by atoms with Crippen molar-refractivity contribution in [2.45, 2.75) is 83.1 Å². The van der Waals surface area contributed by atoms with Crippen molar-refractivity contribution >= 4 is 5.91 Å². The molecule has 1 saturated heterocycles. The lowest BCUT2D eigenvalue weighted by Crippen LogP contribution is -2.56. The van der Waals surface area contributed by atoms with Gasteiger partial charge in [-0.15, -0.1) is 0 Å². The molecule has 0 aromatic carbocycles. The molecule has 0 radical (unpaired) electrons.